The van der Waals surface area contributed by atoms with Crippen molar-refractivity contribution in [2.24, 2.45) is 4.99 Å². The maximum absolute atomic E-state index is 11.9. The van der Waals surface area contributed by atoms with Gasteiger partial charge in [0.05, 0.1) is 13.1 Å². The Kier molecular flexibility index (Phi) is 11.2. The number of hydrogen-bond donors (Lipinski definition) is 2. The maximum atomic E-state index is 11.9. The predicted molar refractivity (Wildman–Crippen MR) is 127 cm³/mol. The molecule has 0 bridgehead atoms. The van der Waals surface area contributed by atoms with Gasteiger partial charge in [0.2, 0.25) is 5.91 Å². The molecule has 1 unspecified atom stereocenters. The Balaban J connectivity index is 0.00000392. The molecule has 1 atom stereocenters. The molecular formula is C22H31IN4O. The number of halogens is 1. The van der Waals surface area contributed by atoms with Gasteiger partial charge in [0.15, 0.2) is 5.96 Å². The van der Waals surface area contributed by atoms with Crippen LogP contribution in [-0.4, -0.2) is 43.4 Å². The average molecular weight is 494 g/mol. The second-order valence-corrected chi connectivity index (χ2v) is 6.86. The van der Waals surface area contributed by atoms with Gasteiger partial charge in [0.25, 0.3) is 0 Å². The van der Waals surface area contributed by atoms with E-state index in [1.54, 1.807) is 19.0 Å². The molecule has 0 aliphatic heterocycles. The van der Waals surface area contributed by atoms with Gasteiger partial charge in [-0.1, -0.05) is 60.7 Å². The highest BCUT2D eigenvalue weighted by Crippen LogP contribution is 2.05. The van der Waals surface area contributed by atoms with Gasteiger partial charge < -0.3 is 15.5 Å². The number of aliphatic imine (C=N–C) groups is 1. The standard InChI is InChI=1S/C22H30N4O.HI/c1-18(14-15-19-10-6-4-7-11-19)25-22(24-17-21(27)26(2)3)23-16-20-12-8-5-9-13-20;/h4-13,18H,14-17H2,1-3H3,(H2,23,24,25);1H. The lowest BCUT2D eigenvalue weighted by Gasteiger charge is -2.19. The lowest BCUT2D eigenvalue weighted by atomic mass is 10.1. The van der Waals surface area contributed by atoms with Crippen LogP contribution in [0.5, 0.6) is 0 Å². The van der Waals surface area contributed by atoms with Crippen molar-refractivity contribution in [3.8, 4) is 0 Å². The summed E-state index contributed by atoms with van der Waals surface area (Å²) in [5.74, 6) is 0.677. The zero-order chi connectivity index (χ0) is 19.5. The minimum absolute atomic E-state index is 0. The molecule has 0 aliphatic carbocycles. The number of nitrogens with zero attached hydrogens (tertiary/aromatic N) is 2. The third kappa shape index (κ3) is 9.21. The summed E-state index contributed by atoms with van der Waals surface area (Å²) in [5.41, 5.74) is 2.46. The van der Waals surface area contributed by atoms with Gasteiger partial charge in [-0.2, -0.15) is 0 Å². The topological polar surface area (TPSA) is 56.7 Å². The number of likely N-dealkylation sites (N-methyl/N-ethyl adjacent to an activating group) is 1. The average Bonchev–Trinajstić information content (AvgIpc) is 2.69. The molecule has 0 fully saturated rings. The number of amides is 1. The van der Waals surface area contributed by atoms with Gasteiger partial charge >= 0.3 is 0 Å². The molecule has 5 nitrogen and oxygen atoms in total. The molecule has 2 rings (SSSR count). The highest BCUT2D eigenvalue weighted by molar-refractivity contribution is 14.0. The van der Waals surface area contributed by atoms with E-state index in [2.05, 4.69) is 46.8 Å². The van der Waals surface area contributed by atoms with E-state index in [4.69, 9.17) is 0 Å². The SMILES string of the molecule is CC(CCc1ccccc1)NC(=NCc1ccccc1)NCC(=O)N(C)C.I. The number of carbonyl (C=O) groups excluding carboxylic acids is 1. The molecule has 28 heavy (non-hydrogen) atoms. The highest BCUT2D eigenvalue weighted by Gasteiger charge is 2.09. The molecule has 0 heterocycles. The molecule has 0 saturated carbocycles. The molecule has 2 aromatic rings. The van der Waals surface area contributed by atoms with Crippen molar-refractivity contribution in [3.63, 3.8) is 0 Å². The fraction of sp³-hybridized carbons (Fsp3) is 0.364. The van der Waals surface area contributed by atoms with E-state index >= 15 is 0 Å². The smallest absolute Gasteiger partial charge is 0.241 e. The fourth-order valence-corrected chi connectivity index (χ4v) is 2.56. The Bertz CT molecular complexity index is 720. The van der Waals surface area contributed by atoms with Crippen molar-refractivity contribution in [2.75, 3.05) is 20.6 Å². The van der Waals surface area contributed by atoms with E-state index in [9.17, 15) is 4.79 Å². The molecule has 2 N–H and O–H groups in total. The molecule has 6 heteroatoms. The van der Waals surface area contributed by atoms with E-state index in [1.807, 2.05) is 36.4 Å². The summed E-state index contributed by atoms with van der Waals surface area (Å²) in [6.45, 7) is 2.92. The minimum atomic E-state index is 0. The van der Waals surface area contributed by atoms with E-state index in [0.29, 0.717) is 12.5 Å². The van der Waals surface area contributed by atoms with E-state index in [-0.39, 0.29) is 42.5 Å². The summed E-state index contributed by atoms with van der Waals surface area (Å²) < 4.78 is 0. The summed E-state index contributed by atoms with van der Waals surface area (Å²) in [5, 5.41) is 6.57. The monoisotopic (exact) mass is 494 g/mol. The highest BCUT2D eigenvalue weighted by atomic mass is 127. The van der Waals surface area contributed by atoms with Crippen molar-refractivity contribution in [3.05, 3.63) is 71.8 Å². The van der Waals surface area contributed by atoms with Crippen LogP contribution in [0.3, 0.4) is 0 Å². The lowest BCUT2D eigenvalue weighted by molar-refractivity contribution is -0.127. The predicted octanol–water partition coefficient (Wildman–Crippen LogP) is 3.45. The van der Waals surface area contributed by atoms with Crippen molar-refractivity contribution < 1.29 is 4.79 Å². The van der Waals surface area contributed by atoms with Crippen LogP contribution in [0.15, 0.2) is 65.7 Å². The zero-order valence-electron chi connectivity index (χ0n) is 16.9. The molecule has 0 spiro atoms. The Labute approximate surface area is 185 Å². The molecule has 0 aliphatic rings. The quantitative estimate of drug-likeness (QED) is 0.336. The van der Waals surface area contributed by atoms with Gasteiger partial charge in [-0.25, -0.2) is 4.99 Å². The number of benzene rings is 2. The van der Waals surface area contributed by atoms with Gasteiger partial charge in [-0.3, -0.25) is 4.79 Å². The second kappa shape index (κ2) is 13.1. The van der Waals surface area contributed by atoms with Gasteiger partial charge in [-0.05, 0) is 30.9 Å². The minimum Gasteiger partial charge on any atom is -0.354 e. The van der Waals surface area contributed by atoms with Crippen LogP contribution in [0.2, 0.25) is 0 Å². The number of rotatable bonds is 8. The van der Waals surface area contributed by atoms with Crippen molar-refractivity contribution in [1.82, 2.24) is 15.5 Å². The largest absolute Gasteiger partial charge is 0.354 e. The Morgan fingerprint density at radius 1 is 1.00 bits per heavy atom. The van der Waals surface area contributed by atoms with E-state index < -0.39 is 0 Å². The molecule has 1 amide bonds. The number of guanidine groups is 1. The van der Waals surface area contributed by atoms with Crippen LogP contribution in [0.1, 0.15) is 24.5 Å². The van der Waals surface area contributed by atoms with Crippen molar-refractivity contribution >= 4 is 35.8 Å². The Morgan fingerprint density at radius 2 is 1.57 bits per heavy atom. The van der Waals surface area contributed by atoms with Crippen LogP contribution in [0, 0.1) is 0 Å². The van der Waals surface area contributed by atoms with Gasteiger partial charge in [-0.15, -0.1) is 24.0 Å². The third-order valence-corrected chi connectivity index (χ3v) is 4.26. The first kappa shape index (κ1) is 23.9. The van der Waals surface area contributed by atoms with E-state index in [1.165, 1.54) is 5.56 Å². The van der Waals surface area contributed by atoms with Gasteiger partial charge in [0, 0.05) is 20.1 Å². The van der Waals surface area contributed by atoms with E-state index in [0.717, 1.165) is 18.4 Å². The van der Waals surface area contributed by atoms with Crippen LogP contribution in [-0.2, 0) is 17.8 Å². The third-order valence-electron chi connectivity index (χ3n) is 4.26. The molecule has 0 saturated heterocycles. The number of carbonyl (C=O) groups is 1. The first-order valence-corrected chi connectivity index (χ1v) is 9.37. The number of hydrogen-bond acceptors (Lipinski definition) is 2. The molecule has 0 aromatic heterocycles. The van der Waals surface area contributed by atoms with Crippen LogP contribution < -0.4 is 10.6 Å². The molecule has 0 radical (unpaired) electrons. The molecule has 152 valence electrons. The maximum Gasteiger partial charge on any atom is 0.241 e. The Hall–Kier alpha value is -2.09. The van der Waals surface area contributed by atoms with Gasteiger partial charge in [0.1, 0.15) is 0 Å². The normalized spacial score (nSPS) is 11.9. The van der Waals surface area contributed by atoms with Crippen LogP contribution in [0.4, 0.5) is 0 Å². The number of nitrogens with one attached hydrogen (secondary N) is 2. The number of aryl methyl sites for hydroxylation is 1. The summed E-state index contributed by atoms with van der Waals surface area (Å²) in [7, 11) is 3.50. The van der Waals surface area contributed by atoms with Crippen molar-refractivity contribution in [2.45, 2.75) is 32.4 Å². The summed E-state index contributed by atoms with van der Waals surface area (Å²) in [4.78, 5) is 18.1. The summed E-state index contributed by atoms with van der Waals surface area (Å²) >= 11 is 0. The molecular weight excluding hydrogens is 463 g/mol. The summed E-state index contributed by atoms with van der Waals surface area (Å²) in [6, 6.07) is 20.8. The first-order chi connectivity index (χ1) is 13.0. The second-order valence-electron chi connectivity index (χ2n) is 6.86. The first-order valence-electron chi connectivity index (χ1n) is 9.37. The Morgan fingerprint density at radius 3 is 2.14 bits per heavy atom. The van der Waals surface area contributed by atoms with Crippen LogP contribution >= 0.6 is 24.0 Å². The lowest BCUT2D eigenvalue weighted by Crippen LogP contribution is -2.46. The molecule has 2 aromatic carbocycles. The van der Waals surface area contributed by atoms with Crippen LogP contribution in [0.25, 0.3) is 0 Å². The summed E-state index contributed by atoms with van der Waals surface area (Å²) in [6.07, 6.45) is 1.98. The van der Waals surface area contributed by atoms with Crippen molar-refractivity contribution in [1.29, 1.82) is 0 Å². The fourth-order valence-electron chi connectivity index (χ4n) is 2.56. The zero-order valence-corrected chi connectivity index (χ0v) is 19.2.